The third-order valence-corrected chi connectivity index (χ3v) is 1.94. The topological polar surface area (TPSA) is 93.4 Å². The van der Waals surface area contributed by atoms with E-state index in [0.717, 1.165) is 12.8 Å². The standard InChI is InChI=1S/C10H21N3O3/c1-16-7-6-13-10(15)8-12-5-3-2-4-9(11)14/h12H,2-8H2,1H3,(H2,11,14)(H,13,15). The summed E-state index contributed by atoms with van der Waals surface area (Å²) < 4.78 is 4.79. The fourth-order valence-corrected chi connectivity index (χ4v) is 1.11. The van der Waals surface area contributed by atoms with Gasteiger partial charge in [-0.1, -0.05) is 0 Å². The van der Waals surface area contributed by atoms with E-state index in [1.165, 1.54) is 0 Å². The molecule has 0 aliphatic heterocycles. The molecule has 0 saturated carbocycles. The highest BCUT2D eigenvalue weighted by atomic mass is 16.5. The van der Waals surface area contributed by atoms with Gasteiger partial charge in [0.15, 0.2) is 0 Å². The van der Waals surface area contributed by atoms with Gasteiger partial charge >= 0.3 is 0 Å². The zero-order valence-corrected chi connectivity index (χ0v) is 9.75. The summed E-state index contributed by atoms with van der Waals surface area (Å²) in [6.45, 7) is 2.05. The molecule has 6 heteroatoms. The molecule has 0 aromatic carbocycles. The fourth-order valence-electron chi connectivity index (χ4n) is 1.11. The summed E-state index contributed by atoms with van der Waals surface area (Å²) >= 11 is 0. The predicted octanol–water partition coefficient (Wildman–Crippen LogP) is -1.01. The van der Waals surface area contributed by atoms with Gasteiger partial charge in [0.2, 0.25) is 11.8 Å². The molecule has 0 spiro atoms. The van der Waals surface area contributed by atoms with Crippen LogP contribution in [0.3, 0.4) is 0 Å². The van der Waals surface area contributed by atoms with Crippen LogP contribution in [0.1, 0.15) is 19.3 Å². The Balaban J connectivity index is 3.18. The summed E-state index contributed by atoms with van der Waals surface area (Å²) in [6, 6.07) is 0. The first-order chi connectivity index (χ1) is 7.66. The Morgan fingerprint density at radius 3 is 2.62 bits per heavy atom. The fraction of sp³-hybridized carbons (Fsp3) is 0.800. The van der Waals surface area contributed by atoms with E-state index >= 15 is 0 Å². The number of hydrogen-bond acceptors (Lipinski definition) is 4. The second-order valence-corrected chi connectivity index (χ2v) is 3.44. The molecule has 2 amide bonds. The van der Waals surface area contributed by atoms with Crippen LogP contribution in [0.2, 0.25) is 0 Å². The lowest BCUT2D eigenvalue weighted by Gasteiger charge is -2.05. The van der Waals surface area contributed by atoms with E-state index in [2.05, 4.69) is 10.6 Å². The van der Waals surface area contributed by atoms with E-state index in [1.54, 1.807) is 7.11 Å². The second kappa shape index (κ2) is 10.4. The van der Waals surface area contributed by atoms with Crippen molar-refractivity contribution in [1.29, 1.82) is 0 Å². The predicted molar refractivity (Wildman–Crippen MR) is 60.8 cm³/mol. The number of primary amides is 1. The van der Waals surface area contributed by atoms with Crippen molar-refractivity contribution in [3.63, 3.8) is 0 Å². The lowest BCUT2D eigenvalue weighted by molar-refractivity contribution is -0.120. The second-order valence-electron chi connectivity index (χ2n) is 3.44. The number of hydrogen-bond donors (Lipinski definition) is 3. The number of carbonyl (C=O) groups excluding carboxylic acids is 2. The average Bonchev–Trinajstić information content (AvgIpc) is 2.23. The summed E-state index contributed by atoms with van der Waals surface area (Å²) in [6.07, 6.45) is 2.00. The molecule has 0 heterocycles. The monoisotopic (exact) mass is 231 g/mol. The Hall–Kier alpha value is -1.14. The molecule has 94 valence electrons. The zero-order valence-electron chi connectivity index (χ0n) is 9.75. The molecule has 0 radical (unpaired) electrons. The molecule has 0 atom stereocenters. The number of rotatable bonds is 10. The first kappa shape index (κ1) is 14.9. The molecular formula is C10H21N3O3. The van der Waals surface area contributed by atoms with Gasteiger partial charge in [-0.25, -0.2) is 0 Å². The number of carbonyl (C=O) groups is 2. The normalized spacial score (nSPS) is 10.1. The molecule has 4 N–H and O–H groups in total. The molecule has 0 bridgehead atoms. The molecule has 6 nitrogen and oxygen atoms in total. The van der Waals surface area contributed by atoms with E-state index in [4.69, 9.17) is 10.5 Å². The maximum Gasteiger partial charge on any atom is 0.234 e. The van der Waals surface area contributed by atoms with Crippen molar-refractivity contribution in [2.24, 2.45) is 5.73 Å². The minimum absolute atomic E-state index is 0.0491. The molecule has 0 saturated heterocycles. The van der Waals surface area contributed by atoms with E-state index in [-0.39, 0.29) is 11.8 Å². The lowest BCUT2D eigenvalue weighted by Crippen LogP contribution is -2.35. The Morgan fingerprint density at radius 2 is 2.00 bits per heavy atom. The summed E-state index contributed by atoms with van der Waals surface area (Å²) in [5.74, 6) is -0.329. The van der Waals surface area contributed by atoms with Gasteiger partial charge in [-0.15, -0.1) is 0 Å². The van der Waals surface area contributed by atoms with Gasteiger partial charge in [0.25, 0.3) is 0 Å². The van der Waals surface area contributed by atoms with Crippen LogP contribution in [0.4, 0.5) is 0 Å². The molecule has 0 fully saturated rings. The van der Waals surface area contributed by atoms with Crippen LogP contribution < -0.4 is 16.4 Å². The Labute approximate surface area is 95.9 Å². The molecule has 0 aliphatic carbocycles. The molecule has 0 aromatic heterocycles. The van der Waals surface area contributed by atoms with E-state index in [1.807, 2.05) is 0 Å². The quantitative estimate of drug-likeness (QED) is 0.420. The smallest absolute Gasteiger partial charge is 0.234 e. The van der Waals surface area contributed by atoms with Gasteiger partial charge in [-0.05, 0) is 19.4 Å². The Morgan fingerprint density at radius 1 is 1.25 bits per heavy atom. The summed E-state index contributed by atoms with van der Waals surface area (Å²) in [7, 11) is 1.59. The first-order valence-electron chi connectivity index (χ1n) is 5.41. The maximum atomic E-state index is 11.2. The highest BCUT2D eigenvalue weighted by Gasteiger charge is 1.99. The first-order valence-corrected chi connectivity index (χ1v) is 5.41. The van der Waals surface area contributed by atoms with Crippen molar-refractivity contribution in [2.75, 3.05) is 33.4 Å². The van der Waals surface area contributed by atoms with Gasteiger partial charge in [-0.3, -0.25) is 9.59 Å². The lowest BCUT2D eigenvalue weighted by atomic mass is 10.2. The zero-order chi connectivity index (χ0) is 12.2. The summed E-state index contributed by atoms with van der Waals surface area (Å²) in [5.41, 5.74) is 4.99. The summed E-state index contributed by atoms with van der Waals surface area (Å²) in [5, 5.41) is 5.67. The third-order valence-electron chi connectivity index (χ3n) is 1.94. The Kier molecular flexibility index (Phi) is 9.64. The molecule has 0 unspecified atom stereocenters. The molecular weight excluding hydrogens is 210 g/mol. The SMILES string of the molecule is COCCNC(=O)CNCCCCC(N)=O. The van der Waals surface area contributed by atoms with Crippen LogP contribution in [-0.2, 0) is 14.3 Å². The van der Waals surface area contributed by atoms with Crippen molar-refractivity contribution < 1.29 is 14.3 Å². The molecule has 0 aliphatic rings. The highest BCUT2D eigenvalue weighted by molar-refractivity contribution is 5.77. The van der Waals surface area contributed by atoms with E-state index in [9.17, 15) is 9.59 Å². The van der Waals surface area contributed by atoms with Gasteiger partial charge in [0, 0.05) is 20.1 Å². The van der Waals surface area contributed by atoms with Gasteiger partial charge in [0.05, 0.1) is 13.2 Å². The number of nitrogens with one attached hydrogen (secondary N) is 2. The minimum atomic E-state index is -0.280. The Bertz CT molecular complexity index is 209. The van der Waals surface area contributed by atoms with Crippen molar-refractivity contribution in [3.05, 3.63) is 0 Å². The van der Waals surface area contributed by atoms with Crippen LogP contribution >= 0.6 is 0 Å². The number of ether oxygens (including phenoxy) is 1. The molecule has 16 heavy (non-hydrogen) atoms. The average molecular weight is 231 g/mol. The van der Waals surface area contributed by atoms with Crippen molar-refractivity contribution in [3.8, 4) is 0 Å². The number of unbranched alkanes of at least 4 members (excludes halogenated alkanes) is 1. The van der Waals surface area contributed by atoms with Crippen LogP contribution in [0.5, 0.6) is 0 Å². The maximum absolute atomic E-state index is 11.2. The van der Waals surface area contributed by atoms with Crippen LogP contribution in [0.25, 0.3) is 0 Å². The third kappa shape index (κ3) is 10.9. The van der Waals surface area contributed by atoms with Crippen LogP contribution in [0, 0.1) is 0 Å². The largest absolute Gasteiger partial charge is 0.383 e. The van der Waals surface area contributed by atoms with Crippen molar-refractivity contribution >= 4 is 11.8 Å². The van der Waals surface area contributed by atoms with Crippen molar-refractivity contribution in [2.45, 2.75) is 19.3 Å². The van der Waals surface area contributed by atoms with Gasteiger partial charge in [-0.2, -0.15) is 0 Å². The van der Waals surface area contributed by atoms with Crippen LogP contribution in [0.15, 0.2) is 0 Å². The molecule has 0 aromatic rings. The highest BCUT2D eigenvalue weighted by Crippen LogP contribution is 1.91. The number of amides is 2. The minimum Gasteiger partial charge on any atom is -0.383 e. The number of methoxy groups -OCH3 is 1. The van der Waals surface area contributed by atoms with Gasteiger partial charge < -0.3 is 21.1 Å². The summed E-state index contributed by atoms with van der Waals surface area (Å²) in [4.78, 5) is 21.6. The van der Waals surface area contributed by atoms with Crippen molar-refractivity contribution in [1.82, 2.24) is 10.6 Å². The van der Waals surface area contributed by atoms with Crippen LogP contribution in [-0.4, -0.2) is 45.2 Å². The molecule has 0 rings (SSSR count). The number of nitrogens with two attached hydrogens (primary N) is 1. The van der Waals surface area contributed by atoms with E-state index in [0.29, 0.717) is 32.7 Å². The van der Waals surface area contributed by atoms with E-state index < -0.39 is 0 Å². The van der Waals surface area contributed by atoms with Gasteiger partial charge in [0.1, 0.15) is 0 Å².